The summed E-state index contributed by atoms with van der Waals surface area (Å²) in [5, 5.41) is 0. The average molecular weight is 350 g/mol. The van der Waals surface area contributed by atoms with Crippen molar-refractivity contribution in [2.75, 3.05) is 0 Å². The predicted octanol–water partition coefficient (Wildman–Crippen LogP) is 3.79. The van der Waals surface area contributed by atoms with Gasteiger partial charge in [0, 0.05) is 16.7 Å². The van der Waals surface area contributed by atoms with E-state index in [9.17, 15) is 8.78 Å². The third-order valence-electron chi connectivity index (χ3n) is 2.52. The molecule has 2 aromatic rings. The molecular formula is C13H12BrClF2N2. The summed E-state index contributed by atoms with van der Waals surface area (Å²) in [6, 6.07) is 6.59. The molecule has 0 saturated heterocycles. The number of aromatic nitrogens is 1. The van der Waals surface area contributed by atoms with E-state index in [0.717, 1.165) is 10.5 Å². The zero-order chi connectivity index (χ0) is 13.1. The molecule has 6 heteroatoms. The molecule has 1 aromatic heterocycles. The van der Waals surface area contributed by atoms with Crippen LogP contribution in [0.15, 0.2) is 41.0 Å². The van der Waals surface area contributed by atoms with Crippen molar-refractivity contribution < 1.29 is 8.78 Å². The highest BCUT2D eigenvalue weighted by molar-refractivity contribution is 9.10. The number of halogens is 4. The summed E-state index contributed by atoms with van der Waals surface area (Å²) in [6.45, 7) is 0. The SMILES string of the molecule is Cl.N[C@@H](Cc1cc(F)cc(F)c1)c1ncccc1Br. The molecule has 0 spiro atoms. The summed E-state index contributed by atoms with van der Waals surface area (Å²) in [5.41, 5.74) is 7.17. The van der Waals surface area contributed by atoms with Gasteiger partial charge in [-0.1, -0.05) is 0 Å². The molecule has 0 radical (unpaired) electrons. The van der Waals surface area contributed by atoms with Gasteiger partial charge >= 0.3 is 0 Å². The number of hydrogen-bond donors (Lipinski definition) is 1. The zero-order valence-electron chi connectivity index (χ0n) is 9.82. The van der Waals surface area contributed by atoms with E-state index in [0.29, 0.717) is 17.7 Å². The van der Waals surface area contributed by atoms with Crippen molar-refractivity contribution in [1.82, 2.24) is 4.98 Å². The van der Waals surface area contributed by atoms with E-state index in [1.54, 1.807) is 12.3 Å². The van der Waals surface area contributed by atoms with Gasteiger partial charge in [0.25, 0.3) is 0 Å². The minimum atomic E-state index is -0.600. The van der Waals surface area contributed by atoms with Crippen LogP contribution in [0.3, 0.4) is 0 Å². The second-order valence-corrected chi connectivity index (χ2v) is 4.81. The number of rotatable bonds is 3. The summed E-state index contributed by atoms with van der Waals surface area (Å²) in [6.07, 6.45) is 1.95. The second-order valence-electron chi connectivity index (χ2n) is 3.96. The van der Waals surface area contributed by atoms with E-state index in [-0.39, 0.29) is 12.4 Å². The van der Waals surface area contributed by atoms with Crippen molar-refractivity contribution in [2.24, 2.45) is 5.73 Å². The Morgan fingerprint density at radius 1 is 1.21 bits per heavy atom. The van der Waals surface area contributed by atoms with Crippen LogP contribution >= 0.6 is 28.3 Å². The molecule has 19 heavy (non-hydrogen) atoms. The van der Waals surface area contributed by atoms with Crippen LogP contribution in [-0.2, 0) is 6.42 Å². The lowest BCUT2D eigenvalue weighted by molar-refractivity contribution is 0.575. The Balaban J connectivity index is 0.00000180. The van der Waals surface area contributed by atoms with Crippen LogP contribution in [0, 0.1) is 11.6 Å². The van der Waals surface area contributed by atoms with Crippen molar-refractivity contribution in [3.63, 3.8) is 0 Å². The van der Waals surface area contributed by atoms with Crippen molar-refractivity contribution in [2.45, 2.75) is 12.5 Å². The van der Waals surface area contributed by atoms with E-state index in [2.05, 4.69) is 20.9 Å². The molecule has 2 N–H and O–H groups in total. The first kappa shape index (κ1) is 16.0. The smallest absolute Gasteiger partial charge is 0.126 e. The second kappa shape index (κ2) is 6.93. The molecule has 0 saturated carbocycles. The Morgan fingerprint density at radius 3 is 2.42 bits per heavy atom. The van der Waals surface area contributed by atoms with E-state index in [4.69, 9.17) is 5.73 Å². The molecule has 0 bridgehead atoms. The molecule has 0 fully saturated rings. The Labute approximate surface area is 124 Å². The van der Waals surface area contributed by atoms with Crippen LogP contribution in [-0.4, -0.2) is 4.98 Å². The Bertz CT molecular complexity index is 546. The fourth-order valence-corrected chi connectivity index (χ4v) is 2.30. The fourth-order valence-electron chi connectivity index (χ4n) is 1.75. The van der Waals surface area contributed by atoms with Crippen molar-refractivity contribution in [3.05, 3.63) is 63.9 Å². The Kier molecular flexibility index (Phi) is 5.85. The molecule has 0 aliphatic carbocycles. The lowest BCUT2D eigenvalue weighted by atomic mass is 10.0. The fraction of sp³-hybridized carbons (Fsp3) is 0.154. The molecule has 0 unspecified atom stereocenters. The third kappa shape index (κ3) is 4.23. The van der Waals surface area contributed by atoms with E-state index in [1.807, 2.05) is 6.07 Å². The maximum Gasteiger partial charge on any atom is 0.126 e. The minimum absolute atomic E-state index is 0. The van der Waals surface area contributed by atoms with Gasteiger partial charge in [0.15, 0.2) is 0 Å². The van der Waals surface area contributed by atoms with Gasteiger partial charge in [-0.3, -0.25) is 4.98 Å². The number of pyridine rings is 1. The van der Waals surface area contributed by atoms with Gasteiger partial charge in [-0.15, -0.1) is 12.4 Å². The Hall–Kier alpha value is -1.04. The maximum atomic E-state index is 13.1. The standard InChI is InChI=1S/C13H11BrF2N2.ClH/c14-11-2-1-3-18-13(11)12(17)6-8-4-9(15)7-10(16)5-8;/h1-5,7,12H,6,17H2;1H/t12-;/m0./s1. The van der Waals surface area contributed by atoms with Crippen molar-refractivity contribution >= 4 is 28.3 Å². The highest BCUT2D eigenvalue weighted by atomic mass is 79.9. The summed E-state index contributed by atoms with van der Waals surface area (Å²) in [7, 11) is 0. The van der Waals surface area contributed by atoms with E-state index >= 15 is 0 Å². The molecule has 2 rings (SSSR count). The van der Waals surface area contributed by atoms with Gasteiger partial charge in [-0.2, -0.15) is 0 Å². The third-order valence-corrected chi connectivity index (χ3v) is 3.19. The monoisotopic (exact) mass is 348 g/mol. The van der Waals surface area contributed by atoms with E-state index in [1.165, 1.54) is 12.1 Å². The molecule has 0 aliphatic rings. The first-order valence-corrected chi connectivity index (χ1v) is 6.16. The first-order chi connectivity index (χ1) is 8.56. The van der Waals surface area contributed by atoms with E-state index < -0.39 is 17.7 Å². The topological polar surface area (TPSA) is 38.9 Å². The quantitative estimate of drug-likeness (QED) is 0.916. The molecule has 2 nitrogen and oxygen atoms in total. The summed E-state index contributed by atoms with van der Waals surface area (Å²) >= 11 is 3.35. The molecule has 1 heterocycles. The number of nitrogens with zero attached hydrogens (tertiary/aromatic N) is 1. The van der Waals surface area contributed by atoms with Crippen molar-refractivity contribution in [1.29, 1.82) is 0 Å². The summed E-state index contributed by atoms with van der Waals surface area (Å²) in [5.74, 6) is -1.20. The lowest BCUT2D eigenvalue weighted by Gasteiger charge is -2.12. The predicted molar refractivity (Wildman–Crippen MR) is 76.2 cm³/mol. The number of hydrogen-bond acceptors (Lipinski definition) is 2. The molecule has 0 amide bonds. The first-order valence-electron chi connectivity index (χ1n) is 5.37. The molecule has 1 atom stereocenters. The maximum absolute atomic E-state index is 13.1. The van der Waals surface area contributed by atoms with Crippen molar-refractivity contribution in [3.8, 4) is 0 Å². The van der Waals surface area contributed by atoms with Gasteiger partial charge in [0.1, 0.15) is 11.6 Å². The van der Waals surface area contributed by atoms with Crippen LogP contribution in [0.4, 0.5) is 8.78 Å². The minimum Gasteiger partial charge on any atom is -0.322 e. The van der Waals surface area contributed by atoms with Crippen LogP contribution in [0.1, 0.15) is 17.3 Å². The average Bonchev–Trinajstić information content (AvgIpc) is 2.27. The molecule has 102 valence electrons. The number of benzene rings is 1. The highest BCUT2D eigenvalue weighted by Crippen LogP contribution is 2.22. The van der Waals surface area contributed by atoms with Crippen LogP contribution in [0.5, 0.6) is 0 Å². The molecular weight excluding hydrogens is 338 g/mol. The summed E-state index contributed by atoms with van der Waals surface area (Å²) in [4.78, 5) is 4.16. The van der Waals surface area contributed by atoms with Gasteiger partial charge in [0.2, 0.25) is 0 Å². The van der Waals surface area contributed by atoms with Crippen LogP contribution in [0.2, 0.25) is 0 Å². The normalized spacial score (nSPS) is 11.8. The van der Waals surface area contributed by atoms with Crippen LogP contribution in [0.25, 0.3) is 0 Å². The highest BCUT2D eigenvalue weighted by Gasteiger charge is 2.13. The van der Waals surface area contributed by atoms with Gasteiger partial charge < -0.3 is 5.73 Å². The molecule has 1 aromatic carbocycles. The Morgan fingerprint density at radius 2 is 1.84 bits per heavy atom. The van der Waals surface area contributed by atoms with Gasteiger partial charge in [-0.25, -0.2) is 8.78 Å². The summed E-state index contributed by atoms with van der Waals surface area (Å²) < 4.78 is 26.9. The lowest BCUT2D eigenvalue weighted by Crippen LogP contribution is -2.15. The number of nitrogens with two attached hydrogens (primary N) is 1. The van der Waals surface area contributed by atoms with Gasteiger partial charge in [0.05, 0.1) is 11.7 Å². The van der Waals surface area contributed by atoms with Gasteiger partial charge in [-0.05, 0) is 52.2 Å². The zero-order valence-corrected chi connectivity index (χ0v) is 12.2. The largest absolute Gasteiger partial charge is 0.322 e. The van der Waals surface area contributed by atoms with Crippen LogP contribution < -0.4 is 5.73 Å². The molecule has 0 aliphatic heterocycles.